The lowest BCUT2D eigenvalue weighted by Gasteiger charge is -2.08. The third-order valence-electron chi connectivity index (χ3n) is 7.45. The van der Waals surface area contributed by atoms with Crippen LogP contribution in [-0.2, 0) is 16.0 Å². The first-order chi connectivity index (χ1) is 19.9. The average molecular weight is 570 g/mol. The number of carboxylic acids is 1. The fraction of sp³-hybridized carbons (Fsp3) is 0.273. The second-order valence-electron chi connectivity index (χ2n) is 10.4. The molecular weight excluding hydrogens is 538 g/mol. The molecule has 0 amide bonds. The first-order valence-corrected chi connectivity index (χ1v) is 14.6. The lowest BCUT2D eigenvalue weighted by molar-refractivity contribution is -0.139. The Bertz CT molecular complexity index is 1550. The van der Waals surface area contributed by atoms with Crippen molar-refractivity contribution < 1.29 is 29.0 Å². The molecule has 0 radical (unpaired) electrons. The molecule has 6 rings (SSSR count). The molecule has 0 atom stereocenters. The molecule has 0 saturated heterocycles. The highest BCUT2D eigenvalue weighted by Gasteiger charge is 2.28. The second kappa shape index (κ2) is 13.0. The number of aliphatic carboxylic acids is 1. The van der Waals surface area contributed by atoms with E-state index >= 15 is 0 Å². The fourth-order valence-electron chi connectivity index (χ4n) is 5.29. The summed E-state index contributed by atoms with van der Waals surface area (Å²) in [6.45, 7) is -0.327. The smallest absolute Gasteiger partial charge is 0.341 e. The summed E-state index contributed by atoms with van der Waals surface area (Å²) >= 11 is 1.58. The minimum Gasteiger partial charge on any atom is -0.479 e. The Balaban J connectivity index is 0.000000202. The Labute approximate surface area is 242 Å². The van der Waals surface area contributed by atoms with E-state index in [0.29, 0.717) is 17.9 Å². The molecule has 1 saturated carbocycles. The summed E-state index contributed by atoms with van der Waals surface area (Å²) in [7, 11) is 0. The van der Waals surface area contributed by atoms with Crippen LogP contribution in [0.2, 0.25) is 0 Å². The van der Waals surface area contributed by atoms with Crippen molar-refractivity contribution >= 4 is 46.0 Å². The number of benzene rings is 3. The number of fused-ring (bicyclic) bond motifs is 2. The Hall–Kier alpha value is -4.17. The highest BCUT2D eigenvalue weighted by atomic mass is 32.2. The molecule has 0 aliphatic heterocycles. The van der Waals surface area contributed by atoms with Crippen LogP contribution in [0.5, 0.6) is 5.88 Å². The first kappa shape index (κ1) is 28.4. The van der Waals surface area contributed by atoms with E-state index in [2.05, 4.69) is 4.98 Å². The molecule has 0 bridgehead atoms. The van der Waals surface area contributed by atoms with Crippen LogP contribution in [0, 0.1) is 5.92 Å². The van der Waals surface area contributed by atoms with Crippen LogP contribution in [0.1, 0.15) is 64.8 Å². The van der Waals surface area contributed by atoms with E-state index in [4.69, 9.17) is 9.84 Å². The quantitative estimate of drug-likeness (QED) is 0.166. The van der Waals surface area contributed by atoms with Crippen molar-refractivity contribution in [2.75, 3.05) is 6.61 Å². The standard InChI is InChI=1S/C23H22O3S.C10H9NO3/c24-21(12-5-15-3-1-2-4-15)16-6-8-18(9-7-16)27-19-10-11-20-17(13-19)14-22(25)23(20)26;12-10(13)6-14-9-5-7-3-1-2-4-8(7)11-9/h6-11,13,15H,1-5,12,14H2;1-5,11H,6H2,(H,12,13). The number of rotatable bonds is 9. The molecule has 1 aromatic heterocycles. The number of H-pyrrole nitrogens is 1. The molecule has 210 valence electrons. The number of nitrogens with one attached hydrogen (secondary N) is 1. The Morgan fingerprint density at radius 1 is 0.927 bits per heavy atom. The summed E-state index contributed by atoms with van der Waals surface area (Å²) < 4.78 is 5.00. The van der Waals surface area contributed by atoms with Crippen molar-refractivity contribution in [2.24, 2.45) is 5.92 Å². The number of carbonyl (C=O) groups is 4. The number of carboxylic acid groups (broad SMARTS) is 1. The molecule has 8 heteroatoms. The maximum Gasteiger partial charge on any atom is 0.341 e. The van der Waals surface area contributed by atoms with Gasteiger partial charge in [-0.2, -0.15) is 0 Å². The molecule has 0 unspecified atom stereocenters. The SMILES string of the molecule is O=C(O)COc1cc2ccccc2[nH]1.O=C1Cc2cc(Sc3ccc(C(=O)CCC4CCCC4)cc3)ccc2C1=O. The van der Waals surface area contributed by atoms with Crippen LogP contribution in [0.3, 0.4) is 0 Å². The Morgan fingerprint density at radius 3 is 2.39 bits per heavy atom. The van der Waals surface area contributed by atoms with Gasteiger partial charge in [0.1, 0.15) is 0 Å². The molecule has 2 N–H and O–H groups in total. The largest absolute Gasteiger partial charge is 0.479 e. The second-order valence-corrected chi connectivity index (χ2v) is 11.5. The molecule has 41 heavy (non-hydrogen) atoms. The minimum atomic E-state index is -0.983. The lowest BCUT2D eigenvalue weighted by atomic mass is 9.97. The molecular formula is C33H31NO6S. The van der Waals surface area contributed by atoms with Gasteiger partial charge in [0, 0.05) is 50.7 Å². The number of hydrogen-bond acceptors (Lipinski definition) is 6. The molecule has 4 aromatic rings. The van der Waals surface area contributed by atoms with Gasteiger partial charge in [-0.25, -0.2) is 4.79 Å². The first-order valence-electron chi connectivity index (χ1n) is 13.8. The number of aromatic nitrogens is 1. The van der Waals surface area contributed by atoms with Gasteiger partial charge in [-0.3, -0.25) is 14.4 Å². The van der Waals surface area contributed by atoms with Crippen molar-refractivity contribution in [3.8, 4) is 5.88 Å². The molecule has 2 aliphatic rings. The third kappa shape index (κ3) is 7.32. The number of para-hydroxylation sites is 1. The predicted octanol–water partition coefficient (Wildman–Crippen LogP) is 6.93. The number of carbonyl (C=O) groups excluding carboxylic acids is 3. The van der Waals surface area contributed by atoms with Crippen LogP contribution in [0.15, 0.2) is 82.6 Å². The highest BCUT2D eigenvalue weighted by Crippen LogP contribution is 2.32. The predicted molar refractivity (Wildman–Crippen MR) is 157 cm³/mol. The van der Waals surface area contributed by atoms with Crippen molar-refractivity contribution in [3.05, 3.63) is 89.5 Å². The van der Waals surface area contributed by atoms with Gasteiger partial charge in [-0.05, 0) is 54.3 Å². The summed E-state index contributed by atoms with van der Waals surface area (Å²) in [5, 5.41) is 9.42. The van der Waals surface area contributed by atoms with Crippen LogP contribution in [0.4, 0.5) is 0 Å². The van der Waals surface area contributed by atoms with Gasteiger partial charge in [0.2, 0.25) is 11.6 Å². The van der Waals surface area contributed by atoms with Gasteiger partial charge < -0.3 is 14.8 Å². The number of ketones is 3. The maximum atomic E-state index is 12.4. The number of Topliss-reactive ketones (excluding diaryl/α,β-unsaturated/α-hetero) is 3. The zero-order valence-electron chi connectivity index (χ0n) is 22.6. The summed E-state index contributed by atoms with van der Waals surface area (Å²) in [6, 6.07) is 22.7. The van der Waals surface area contributed by atoms with Crippen LogP contribution >= 0.6 is 11.8 Å². The molecule has 3 aromatic carbocycles. The van der Waals surface area contributed by atoms with Crippen molar-refractivity contribution in [2.45, 2.75) is 54.7 Å². The van der Waals surface area contributed by atoms with Crippen LogP contribution < -0.4 is 4.74 Å². The number of aromatic amines is 1. The zero-order valence-corrected chi connectivity index (χ0v) is 23.4. The van der Waals surface area contributed by atoms with Gasteiger partial charge in [0.05, 0.1) is 0 Å². The van der Waals surface area contributed by atoms with Gasteiger partial charge in [-0.15, -0.1) is 0 Å². The normalized spacial score (nSPS) is 14.5. The van der Waals surface area contributed by atoms with Gasteiger partial charge in [0.25, 0.3) is 0 Å². The summed E-state index contributed by atoms with van der Waals surface area (Å²) in [4.78, 5) is 50.9. The van der Waals surface area contributed by atoms with Crippen LogP contribution in [-0.4, -0.2) is 40.0 Å². The van der Waals surface area contributed by atoms with Crippen LogP contribution in [0.25, 0.3) is 10.9 Å². The number of ether oxygens (including phenoxy) is 1. The molecule has 2 aliphatic carbocycles. The van der Waals surface area contributed by atoms with E-state index in [0.717, 1.165) is 44.2 Å². The Kier molecular flexibility index (Phi) is 8.99. The van der Waals surface area contributed by atoms with Gasteiger partial charge >= 0.3 is 5.97 Å². The maximum absolute atomic E-state index is 12.4. The van der Waals surface area contributed by atoms with Crippen molar-refractivity contribution in [1.82, 2.24) is 4.98 Å². The summed E-state index contributed by atoms with van der Waals surface area (Å²) in [5.41, 5.74) is 3.07. The van der Waals surface area contributed by atoms with E-state index in [1.807, 2.05) is 60.7 Å². The molecule has 7 nitrogen and oxygen atoms in total. The van der Waals surface area contributed by atoms with E-state index < -0.39 is 5.97 Å². The van der Waals surface area contributed by atoms with Gasteiger partial charge in [-0.1, -0.05) is 67.8 Å². The Morgan fingerprint density at radius 2 is 1.66 bits per heavy atom. The fourth-order valence-corrected chi connectivity index (χ4v) is 6.17. The van der Waals surface area contributed by atoms with Crippen molar-refractivity contribution in [3.63, 3.8) is 0 Å². The number of hydrogen-bond donors (Lipinski definition) is 2. The lowest BCUT2D eigenvalue weighted by Crippen LogP contribution is -2.09. The third-order valence-corrected chi connectivity index (χ3v) is 8.45. The summed E-state index contributed by atoms with van der Waals surface area (Å²) in [6.07, 6.45) is 7.05. The van der Waals surface area contributed by atoms with Crippen molar-refractivity contribution in [1.29, 1.82) is 0 Å². The van der Waals surface area contributed by atoms with E-state index in [9.17, 15) is 19.2 Å². The monoisotopic (exact) mass is 569 g/mol. The minimum absolute atomic E-state index is 0.205. The zero-order chi connectivity index (χ0) is 28.8. The topological polar surface area (TPSA) is 114 Å². The van der Waals surface area contributed by atoms with E-state index in [1.54, 1.807) is 23.9 Å². The highest BCUT2D eigenvalue weighted by molar-refractivity contribution is 7.99. The molecule has 1 heterocycles. The summed E-state index contributed by atoms with van der Waals surface area (Å²) in [5.74, 6) is -0.234. The molecule has 0 spiro atoms. The molecule has 1 fully saturated rings. The van der Waals surface area contributed by atoms with E-state index in [-0.39, 0.29) is 30.4 Å². The average Bonchev–Trinajstić information content (AvgIpc) is 3.71. The van der Waals surface area contributed by atoms with Gasteiger partial charge in [0.15, 0.2) is 18.3 Å². The van der Waals surface area contributed by atoms with E-state index in [1.165, 1.54) is 25.7 Å².